The van der Waals surface area contributed by atoms with Gasteiger partial charge >= 0.3 is 6.18 Å². The van der Waals surface area contributed by atoms with Crippen molar-refractivity contribution in [2.24, 2.45) is 0 Å². The highest BCUT2D eigenvalue weighted by Crippen LogP contribution is 2.33. The molecule has 0 radical (unpaired) electrons. The maximum atomic E-state index is 13.4. The lowest BCUT2D eigenvalue weighted by molar-refractivity contribution is -0.138. The zero-order valence-electron chi connectivity index (χ0n) is 23.4. The lowest BCUT2D eigenvalue weighted by Crippen LogP contribution is -2.44. The van der Waals surface area contributed by atoms with Crippen molar-refractivity contribution in [3.8, 4) is 0 Å². The van der Waals surface area contributed by atoms with Crippen LogP contribution in [-0.4, -0.2) is 42.9 Å². The van der Waals surface area contributed by atoms with Gasteiger partial charge in [0.05, 0.1) is 11.6 Å². The summed E-state index contributed by atoms with van der Waals surface area (Å²) in [5.41, 5.74) is 1.22. The molecule has 2 aliphatic rings. The largest absolute Gasteiger partial charge is 0.417 e. The van der Waals surface area contributed by atoms with Crippen LogP contribution in [0.25, 0.3) is 0 Å². The maximum absolute atomic E-state index is 13.4. The average Bonchev–Trinajstić information content (AvgIpc) is 3.43. The van der Waals surface area contributed by atoms with E-state index < -0.39 is 17.8 Å². The standard InChI is InChI=1S/C25H32F3N3O.C5H9NO/c1-24(2,3)18-10-12-21(13-11-18)31(4)22(23(32)30-20-8-6-5-7-9-20)17-14-19(16-29-15-17)25(26,27)28;7-4-5-2-1-3-6-5/h10-16,20,22H,5-9H2,1-4H3,(H,30,32);4-6H,1-3H2. The van der Waals surface area contributed by atoms with Gasteiger partial charge in [0.25, 0.3) is 0 Å². The third kappa shape index (κ3) is 8.78. The van der Waals surface area contributed by atoms with Crippen molar-refractivity contribution in [3.63, 3.8) is 0 Å². The summed E-state index contributed by atoms with van der Waals surface area (Å²) in [6, 6.07) is 8.11. The van der Waals surface area contributed by atoms with Crippen LogP contribution in [0.3, 0.4) is 0 Å². The number of pyridine rings is 1. The van der Waals surface area contributed by atoms with Gasteiger partial charge in [0.2, 0.25) is 5.91 Å². The zero-order valence-corrected chi connectivity index (χ0v) is 23.4. The number of nitrogens with zero attached hydrogens (tertiary/aromatic N) is 2. The van der Waals surface area contributed by atoms with Crippen molar-refractivity contribution >= 4 is 17.9 Å². The fourth-order valence-corrected chi connectivity index (χ4v) is 5.01. The van der Waals surface area contributed by atoms with E-state index in [1.54, 1.807) is 11.9 Å². The number of amides is 1. The van der Waals surface area contributed by atoms with Crippen molar-refractivity contribution < 1.29 is 22.8 Å². The average molecular weight is 547 g/mol. The number of hydrogen-bond donors (Lipinski definition) is 2. The van der Waals surface area contributed by atoms with E-state index >= 15 is 0 Å². The maximum Gasteiger partial charge on any atom is 0.417 e. The van der Waals surface area contributed by atoms with Crippen LogP contribution < -0.4 is 15.5 Å². The summed E-state index contributed by atoms with van der Waals surface area (Å²) < 4.78 is 40.0. The summed E-state index contributed by atoms with van der Waals surface area (Å²) in [6.07, 6.45) is 5.80. The number of aromatic nitrogens is 1. The Morgan fingerprint density at radius 2 is 1.69 bits per heavy atom. The third-order valence-electron chi connectivity index (χ3n) is 7.39. The van der Waals surface area contributed by atoms with Crippen molar-refractivity contribution in [2.45, 2.75) is 95.4 Å². The molecular weight excluding hydrogens is 505 g/mol. The Bertz CT molecular complexity index is 1070. The van der Waals surface area contributed by atoms with Gasteiger partial charge in [-0.2, -0.15) is 13.2 Å². The number of hydrogen-bond acceptors (Lipinski definition) is 5. The highest BCUT2D eigenvalue weighted by Gasteiger charge is 2.34. The Morgan fingerprint density at radius 1 is 1.03 bits per heavy atom. The molecule has 2 heterocycles. The molecule has 0 bridgehead atoms. The molecule has 1 aromatic heterocycles. The first-order valence-corrected chi connectivity index (χ1v) is 13.7. The number of benzene rings is 1. The highest BCUT2D eigenvalue weighted by atomic mass is 19.4. The van der Waals surface area contributed by atoms with Crippen LogP contribution in [0.15, 0.2) is 42.7 Å². The Labute approximate surface area is 229 Å². The van der Waals surface area contributed by atoms with E-state index in [0.29, 0.717) is 0 Å². The predicted molar refractivity (Wildman–Crippen MR) is 148 cm³/mol. The minimum Gasteiger partial charge on any atom is -0.359 e. The SMILES string of the molecule is CN(c1ccc(C(C)(C)C)cc1)C(C(=O)NC1CCCCC1)c1cncc(C(F)(F)F)c1.O=CC1CCCN1. The van der Waals surface area contributed by atoms with Gasteiger partial charge in [-0.05, 0) is 61.4 Å². The quantitative estimate of drug-likeness (QED) is 0.438. The molecule has 1 aromatic carbocycles. The molecular formula is C30H41F3N4O2. The molecule has 4 rings (SSSR count). The minimum absolute atomic E-state index is 0.0280. The first-order valence-electron chi connectivity index (χ1n) is 13.7. The van der Waals surface area contributed by atoms with Gasteiger partial charge < -0.3 is 20.3 Å². The fraction of sp³-hybridized carbons (Fsp3) is 0.567. The minimum atomic E-state index is -4.53. The molecule has 6 nitrogen and oxygen atoms in total. The molecule has 1 saturated heterocycles. The molecule has 2 atom stereocenters. The molecule has 2 fully saturated rings. The summed E-state index contributed by atoms with van der Waals surface area (Å²) in [5.74, 6) is -0.305. The van der Waals surface area contributed by atoms with Gasteiger partial charge in [0.1, 0.15) is 12.3 Å². The lowest BCUT2D eigenvalue weighted by Gasteiger charge is -2.32. The van der Waals surface area contributed by atoms with Gasteiger partial charge in [-0.25, -0.2) is 0 Å². The number of aldehydes is 1. The van der Waals surface area contributed by atoms with E-state index in [9.17, 15) is 22.8 Å². The van der Waals surface area contributed by atoms with Crippen molar-refractivity contribution in [2.75, 3.05) is 18.5 Å². The number of halogens is 3. The van der Waals surface area contributed by atoms with Gasteiger partial charge in [0, 0.05) is 36.7 Å². The van der Waals surface area contributed by atoms with Gasteiger partial charge in [-0.3, -0.25) is 9.78 Å². The van der Waals surface area contributed by atoms with Crippen molar-refractivity contribution in [1.82, 2.24) is 15.6 Å². The van der Waals surface area contributed by atoms with Gasteiger partial charge in [-0.15, -0.1) is 0 Å². The highest BCUT2D eigenvalue weighted by molar-refractivity contribution is 5.86. The normalized spacial score (nSPS) is 19.0. The number of rotatable bonds is 6. The van der Waals surface area contributed by atoms with Crippen LogP contribution in [0, 0.1) is 0 Å². The second-order valence-corrected chi connectivity index (χ2v) is 11.5. The second-order valence-electron chi connectivity index (χ2n) is 11.5. The first kappa shape index (κ1) is 30.6. The fourth-order valence-electron chi connectivity index (χ4n) is 5.01. The smallest absolute Gasteiger partial charge is 0.359 e. The number of nitrogens with one attached hydrogen (secondary N) is 2. The molecule has 1 aliphatic carbocycles. The van der Waals surface area contributed by atoms with E-state index in [-0.39, 0.29) is 29.0 Å². The first-order chi connectivity index (χ1) is 18.4. The van der Waals surface area contributed by atoms with Crippen LogP contribution in [0.1, 0.15) is 88.4 Å². The number of alkyl halides is 3. The summed E-state index contributed by atoms with van der Waals surface area (Å²) >= 11 is 0. The van der Waals surface area contributed by atoms with Crippen LogP contribution in [0.2, 0.25) is 0 Å². The summed E-state index contributed by atoms with van der Waals surface area (Å²) in [7, 11) is 1.73. The van der Waals surface area contributed by atoms with Crippen molar-refractivity contribution in [1.29, 1.82) is 0 Å². The van der Waals surface area contributed by atoms with E-state index in [2.05, 4.69) is 36.4 Å². The molecule has 1 saturated carbocycles. The monoisotopic (exact) mass is 546 g/mol. The predicted octanol–water partition coefficient (Wildman–Crippen LogP) is 5.96. The van der Waals surface area contributed by atoms with Gasteiger partial charge in [0.15, 0.2) is 0 Å². The molecule has 9 heteroatoms. The molecule has 2 aromatic rings. The summed E-state index contributed by atoms with van der Waals surface area (Å²) in [6.45, 7) is 7.35. The molecule has 1 aliphatic heterocycles. The van der Waals surface area contributed by atoms with Crippen LogP contribution in [0.5, 0.6) is 0 Å². The zero-order chi connectivity index (χ0) is 28.6. The third-order valence-corrected chi connectivity index (χ3v) is 7.39. The lowest BCUT2D eigenvalue weighted by atomic mass is 9.87. The van der Waals surface area contributed by atoms with Crippen LogP contribution >= 0.6 is 0 Å². The molecule has 2 N–H and O–H groups in total. The Balaban J connectivity index is 0.000000520. The number of carbonyl (C=O) groups is 2. The molecule has 0 spiro atoms. The number of anilines is 1. The Morgan fingerprint density at radius 3 is 2.21 bits per heavy atom. The Hall–Kier alpha value is -2.94. The molecule has 1 amide bonds. The van der Waals surface area contributed by atoms with E-state index in [1.807, 2.05) is 24.3 Å². The van der Waals surface area contributed by atoms with E-state index in [1.165, 1.54) is 6.20 Å². The number of carbonyl (C=O) groups excluding carboxylic acids is 2. The van der Waals surface area contributed by atoms with E-state index in [4.69, 9.17) is 0 Å². The molecule has 2 unspecified atom stereocenters. The second kappa shape index (κ2) is 13.4. The van der Waals surface area contributed by atoms with Gasteiger partial charge in [-0.1, -0.05) is 52.2 Å². The van der Waals surface area contributed by atoms with Crippen LogP contribution in [-0.2, 0) is 21.2 Å². The van der Waals surface area contributed by atoms with Crippen molar-refractivity contribution in [3.05, 3.63) is 59.4 Å². The molecule has 39 heavy (non-hydrogen) atoms. The summed E-state index contributed by atoms with van der Waals surface area (Å²) in [4.78, 5) is 28.8. The van der Waals surface area contributed by atoms with Crippen LogP contribution in [0.4, 0.5) is 18.9 Å². The summed E-state index contributed by atoms with van der Waals surface area (Å²) in [5, 5.41) is 6.11. The Kier molecular flexibility index (Phi) is 10.5. The number of likely N-dealkylation sites (N-methyl/N-ethyl adjacent to an activating group) is 1. The topological polar surface area (TPSA) is 74.3 Å². The van der Waals surface area contributed by atoms with E-state index in [0.717, 1.165) is 81.3 Å². The molecule has 214 valence electrons.